The summed E-state index contributed by atoms with van der Waals surface area (Å²) in [4.78, 5) is 59.3. The minimum atomic E-state index is -1.43. The van der Waals surface area contributed by atoms with E-state index in [0.29, 0.717) is 35.6 Å². The molecule has 8 rings (SSSR count). The number of aryl methyl sites for hydroxylation is 1. The van der Waals surface area contributed by atoms with Gasteiger partial charge < -0.3 is 14.6 Å². The average molecular weight is 672 g/mol. The number of fused-ring (bicyclic) bond motifs is 4. The molecule has 50 heavy (non-hydrogen) atoms. The van der Waals surface area contributed by atoms with Crippen LogP contribution in [0, 0.1) is 30.6 Å². The lowest BCUT2D eigenvalue weighted by Gasteiger charge is -2.49. The van der Waals surface area contributed by atoms with E-state index in [9.17, 15) is 24.6 Å². The lowest BCUT2D eigenvalue weighted by molar-refractivity contribution is -0.141. The highest BCUT2D eigenvalue weighted by Gasteiger charge is 2.71. The highest BCUT2D eigenvalue weighted by atomic mass is 16.4. The predicted octanol–water partition coefficient (Wildman–Crippen LogP) is 5.01. The molecule has 254 valence electrons. The first-order valence-electron chi connectivity index (χ1n) is 17.0. The third kappa shape index (κ3) is 4.80. The third-order valence-corrected chi connectivity index (χ3v) is 11.2. The number of aliphatic hydroxyl groups is 1. The number of furan rings is 1. The van der Waals surface area contributed by atoms with E-state index >= 15 is 4.79 Å². The zero-order chi connectivity index (χ0) is 34.7. The SMILES string of the molecule is Cc1ccc(NN2C(=O)C3CC4C(=CCC5C(=O)N(CCc6ccc(O)cc6)C(=O)C54)C(c4ccc(CO)o4)C3(c3ccccc3)C2=O)cc1. The Labute approximate surface area is 289 Å². The molecule has 0 radical (unpaired) electrons. The maximum atomic E-state index is 15.1. The van der Waals surface area contributed by atoms with E-state index in [2.05, 4.69) is 5.43 Å². The molecule has 2 aliphatic heterocycles. The van der Waals surface area contributed by atoms with Crippen molar-refractivity contribution in [2.24, 2.45) is 23.7 Å². The van der Waals surface area contributed by atoms with Crippen LogP contribution in [0.4, 0.5) is 5.69 Å². The van der Waals surface area contributed by atoms with Crippen LogP contribution < -0.4 is 5.43 Å². The van der Waals surface area contributed by atoms with Crippen molar-refractivity contribution in [2.45, 2.75) is 44.1 Å². The molecule has 0 spiro atoms. The van der Waals surface area contributed by atoms with Crippen molar-refractivity contribution in [3.05, 3.63) is 131 Å². The number of allylic oxidation sites excluding steroid dienone is 2. The summed E-state index contributed by atoms with van der Waals surface area (Å²) in [5.74, 6) is -3.96. The summed E-state index contributed by atoms with van der Waals surface area (Å²) in [6.07, 6.45) is 2.92. The van der Waals surface area contributed by atoms with Crippen molar-refractivity contribution in [3.8, 4) is 5.75 Å². The second-order valence-corrected chi connectivity index (χ2v) is 13.8. The fraction of sp³-hybridized carbons (Fsp3) is 0.300. The number of anilines is 1. The number of carbonyl (C=O) groups is 4. The number of hydrogen-bond donors (Lipinski definition) is 3. The van der Waals surface area contributed by atoms with Gasteiger partial charge in [-0.15, -0.1) is 0 Å². The second kappa shape index (κ2) is 12.1. The summed E-state index contributed by atoms with van der Waals surface area (Å²) in [7, 11) is 0. The van der Waals surface area contributed by atoms with Crippen molar-refractivity contribution >= 4 is 29.3 Å². The Balaban J connectivity index is 1.23. The zero-order valence-corrected chi connectivity index (χ0v) is 27.5. The summed E-state index contributed by atoms with van der Waals surface area (Å²) in [6.45, 7) is 1.80. The Morgan fingerprint density at radius 3 is 2.30 bits per heavy atom. The van der Waals surface area contributed by atoms with E-state index in [1.54, 1.807) is 36.4 Å². The predicted molar refractivity (Wildman–Crippen MR) is 182 cm³/mol. The highest BCUT2D eigenvalue weighted by Crippen LogP contribution is 2.64. The Kier molecular flexibility index (Phi) is 7.71. The molecule has 3 fully saturated rings. The summed E-state index contributed by atoms with van der Waals surface area (Å²) in [6, 6.07) is 26.8. The largest absolute Gasteiger partial charge is 0.508 e. The quantitative estimate of drug-likeness (QED) is 0.175. The standard InChI is InChI=1S/C40H37N3O7/c1-23-7-11-26(12-8-23)41-43-37(47)32-21-31-29(16-17-30-34(31)38(48)42(36(30)46)20-19-24-9-13-27(45)14-10-24)35(33-18-15-28(22-44)50-33)40(32,39(43)49)25-5-3-2-4-6-25/h2-16,18,30-32,34-35,41,44-45H,17,19-22H2,1H3. The number of hydrogen-bond acceptors (Lipinski definition) is 8. The fourth-order valence-electron chi connectivity index (χ4n) is 8.88. The number of phenols is 1. The number of amides is 4. The first-order valence-corrected chi connectivity index (χ1v) is 17.0. The molecule has 4 aromatic rings. The van der Waals surface area contributed by atoms with E-state index in [1.807, 2.05) is 67.6 Å². The van der Waals surface area contributed by atoms with E-state index in [0.717, 1.165) is 21.7 Å². The minimum Gasteiger partial charge on any atom is -0.508 e. The van der Waals surface area contributed by atoms with Crippen LogP contribution in [0.25, 0.3) is 0 Å². The molecule has 10 heteroatoms. The maximum absolute atomic E-state index is 15.1. The van der Waals surface area contributed by atoms with Gasteiger partial charge in [0.2, 0.25) is 11.8 Å². The molecular weight excluding hydrogens is 634 g/mol. The fourth-order valence-corrected chi connectivity index (χ4v) is 8.88. The molecule has 10 nitrogen and oxygen atoms in total. The summed E-state index contributed by atoms with van der Waals surface area (Å²) in [5, 5.41) is 20.8. The van der Waals surface area contributed by atoms with Gasteiger partial charge in [-0.1, -0.05) is 71.8 Å². The van der Waals surface area contributed by atoms with E-state index < -0.39 is 46.8 Å². The number of rotatable bonds is 8. The molecule has 6 atom stereocenters. The van der Waals surface area contributed by atoms with Gasteiger partial charge in [-0.25, -0.2) is 0 Å². The Bertz CT molecular complexity index is 2020. The molecule has 3 aromatic carbocycles. The normalized spacial score (nSPS) is 27.2. The highest BCUT2D eigenvalue weighted by molar-refractivity contribution is 6.13. The van der Waals surface area contributed by atoms with Crippen LogP contribution in [0.3, 0.4) is 0 Å². The van der Waals surface area contributed by atoms with E-state index in [1.165, 1.54) is 4.90 Å². The molecule has 1 aromatic heterocycles. The molecule has 2 saturated heterocycles. The van der Waals surface area contributed by atoms with Crippen molar-refractivity contribution in [1.82, 2.24) is 9.91 Å². The number of carbonyl (C=O) groups excluding carboxylic acids is 4. The molecule has 3 heterocycles. The van der Waals surface area contributed by atoms with Crippen molar-refractivity contribution in [2.75, 3.05) is 12.0 Å². The topological polar surface area (TPSA) is 140 Å². The molecular formula is C40H37N3O7. The minimum absolute atomic E-state index is 0.139. The molecule has 2 aliphatic carbocycles. The average Bonchev–Trinajstić information content (AvgIpc) is 3.77. The number of phenolic OH excluding ortho intramolecular Hbond substituents is 1. The van der Waals surface area contributed by atoms with Gasteiger partial charge >= 0.3 is 0 Å². The number of nitrogens with zero attached hydrogens (tertiary/aromatic N) is 2. The lowest BCUT2D eigenvalue weighted by atomic mass is 9.50. The van der Waals surface area contributed by atoms with Crippen molar-refractivity contribution in [1.29, 1.82) is 0 Å². The van der Waals surface area contributed by atoms with E-state index in [4.69, 9.17) is 4.42 Å². The molecule has 0 bridgehead atoms. The van der Waals surface area contributed by atoms with Crippen LogP contribution in [0.5, 0.6) is 5.75 Å². The first-order chi connectivity index (χ1) is 24.2. The van der Waals surface area contributed by atoms with Crippen LogP contribution in [0.15, 0.2) is 107 Å². The van der Waals surface area contributed by atoms with Crippen molar-refractivity contribution in [3.63, 3.8) is 0 Å². The second-order valence-electron chi connectivity index (χ2n) is 13.8. The molecule has 6 unspecified atom stereocenters. The van der Waals surface area contributed by atoms with Crippen molar-refractivity contribution < 1.29 is 33.8 Å². The van der Waals surface area contributed by atoms with Gasteiger partial charge in [-0.05, 0) is 79.6 Å². The number of aromatic hydroxyl groups is 1. The van der Waals surface area contributed by atoms with Gasteiger partial charge in [-0.2, -0.15) is 5.01 Å². The van der Waals surface area contributed by atoms with Crippen LogP contribution in [0.2, 0.25) is 0 Å². The van der Waals surface area contributed by atoms with Crippen LogP contribution in [-0.2, 0) is 37.6 Å². The monoisotopic (exact) mass is 671 g/mol. The number of hydrazine groups is 1. The van der Waals surface area contributed by atoms with Crippen LogP contribution in [-0.4, -0.2) is 50.3 Å². The van der Waals surface area contributed by atoms with Gasteiger partial charge in [0.25, 0.3) is 11.8 Å². The Morgan fingerprint density at radius 2 is 1.60 bits per heavy atom. The maximum Gasteiger partial charge on any atom is 0.260 e. The summed E-state index contributed by atoms with van der Waals surface area (Å²) >= 11 is 0. The number of likely N-dealkylation sites (tertiary alicyclic amines) is 1. The van der Waals surface area contributed by atoms with Crippen LogP contribution in [0.1, 0.15) is 47.0 Å². The van der Waals surface area contributed by atoms with Gasteiger partial charge in [0.15, 0.2) is 0 Å². The Hall–Kier alpha value is -5.48. The smallest absolute Gasteiger partial charge is 0.260 e. The molecule has 4 aliphatic rings. The first kappa shape index (κ1) is 31.8. The van der Waals surface area contributed by atoms with Crippen LogP contribution >= 0.6 is 0 Å². The molecule has 4 amide bonds. The zero-order valence-electron chi connectivity index (χ0n) is 27.5. The van der Waals surface area contributed by atoms with Gasteiger partial charge in [0.05, 0.1) is 29.4 Å². The summed E-state index contributed by atoms with van der Waals surface area (Å²) in [5.41, 5.74) is 5.60. The number of benzene rings is 3. The molecule has 1 saturated carbocycles. The Morgan fingerprint density at radius 1 is 0.860 bits per heavy atom. The number of imide groups is 2. The van der Waals surface area contributed by atoms with E-state index in [-0.39, 0.29) is 37.1 Å². The van der Waals surface area contributed by atoms with Gasteiger partial charge in [0.1, 0.15) is 29.3 Å². The number of aliphatic hydroxyl groups excluding tert-OH is 1. The van der Waals surface area contributed by atoms with Gasteiger partial charge in [0, 0.05) is 6.54 Å². The lowest BCUT2D eigenvalue weighted by Crippen LogP contribution is -2.53. The number of nitrogens with one attached hydrogen (secondary N) is 1. The van der Waals surface area contributed by atoms with Gasteiger partial charge in [-0.3, -0.25) is 29.5 Å². The molecule has 3 N–H and O–H groups in total. The summed E-state index contributed by atoms with van der Waals surface area (Å²) < 4.78 is 6.23. The third-order valence-electron chi connectivity index (χ3n) is 11.2.